The molecule has 1 aliphatic heterocycles. The van der Waals surface area contributed by atoms with Crippen LogP contribution in [0.1, 0.15) is 38.7 Å². The van der Waals surface area contributed by atoms with Gasteiger partial charge in [0.25, 0.3) is 0 Å². The fourth-order valence-electron chi connectivity index (χ4n) is 2.72. The lowest BCUT2D eigenvalue weighted by molar-refractivity contribution is 0.169. The van der Waals surface area contributed by atoms with Crippen LogP contribution >= 0.6 is 0 Å². The first-order valence-electron chi connectivity index (χ1n) is 7.15. The Hall–Kier alpha value is -1.07. The summed E-state index contributed by atoms with van der Waals surface area (Å²) in [6.45, 7) is 7.43. The van der Waals surface area contributed by atoms with Gasteiger partial charge in [-0.05, 0) is 48.9 Å². The van der Waals surface area contributed by atoms with E-state index in [1.54, 1.807) is 29.4 Å². The van der Waals surface area contributed by atoms with Crippen LogP contribution in [-0.2, 0) is 10.0 Å². The average molecular weight is 296 g/mol. The highest BCUT2D eigenvalue weighted by atomic mass is 32.2. The summed E-state index contributed by atoms with van der Waals surface area (Å²) >= 11 is 0. The maximum absolute atomic E-state index is 12.7. The van der Waals surface area contributed by atoms with Gasteiger partial charge in [-0.15, -0.1) is 0 Å². The van der Waals surface area contributed by atoms with Gasteiger partial charge in [-0.25, -0.2) is 8.42 Å². The minimum Gasteiger partial charge on any atom is -0.399 e. The van der Waals surface area contributed by atoms with Crippen LogP contribution in [-0.4, -0.2) is 25.8 Å². The van der Waals surface area contributed by atoms with Gasteiger partial charge in [0.1, 0.15) is 0 Å². The van der Waals surface area contributed by atoms with Gasteiger partial charge in [-0.3, -0.25) is 0 Å². The largest absolute Gasteiger partial charge is 0.399 e. The van der Waals surface area contributed by atoms with Crippen molar-refractivity contribution in [2.45, 2.75) is 44.9 Å². The quantitative estimate of drug-likeness (QED) is 0.872. The Morgan fingerprint density at radius 2 is 1.90 bits per heavy atom. The number of aryl methyl sites for hydroxylation is 1. The number of nitrogens with two attached hydrogens (primary N) is 1. The maximum Gasteiger partial charge on any atom is 0.243 e. The van der Waals surface area contributed by atoms with Gasteiger partial charge in [0, 0.05) is 18.8 Å². The van der Waals surface area contributed by atoms with Crippen molar-refractivity contribution in [3.63, 3.8) is 0 Å². The number of piperidine rings is 1. The summed E-state index contributed by atoms with van der Waals surface area (Å²) in [5, 5.41) is 0. The molecule has 1 aromatic carbocycles. The number of sulfonamides is 1. The molecule has 0 unspecified atom stereocenters. The van der Waals surface area contributed by atoms with Crippen LogP contribution < -0.4 is 5.73 Å². The molecule has 0 atom stereocenters. The Morgan fingerprint density at radius 1 is 1.30 bits per heavy atom. The number of hydrogen-bond donors (Lipinski definition) is 1. The molecular weight excluding hydrogens is 272 g/mol. The second-order valence-corrected chi connectivity index (χ2v) is 8.00. The topological polar surface area (TPSA) is 63.4 Å². The van der Waals surface area contributed by atoms with Gasteiger partial charge < -0.3 is 5.73 Å². The van der Waals surface area contributed by atoms with Crippen molar-refractivity contribution in [1.82, 2.24) is 4.31 Å². The molecule has 0 spiro atoms. The Bertz CT molecular complexity index is 588. The van der Waals surface area contributed by atoms with Gasteiger partial charge in [0.05, 0.1) is 4.90 Å². The van der Waals surface area contributed by atoms with Crippen LogP contribution in [0.15, 0.2) is 23.1 Å². The normalized spacial score (nSPS) is 19.9. The predicted octanol–water partition coefficient (Wildman–Crippen LogP) is 2.78. The van der Waals surface area contributed by atoms with Gasteiger partial charge in [-0.2, -0.15) is 4.31 Å². The van der Waals surface area contributed by atoms with Crippen LogP contribution in [0.5, 0.6) is 0 Å². The van der Waals surface area contributed by atoms with E-state index in [0.29, 0.717) is 29.2 Å². The summed E-state index contributed by atoms with van der Waals surface area (Å²) in [5.41, 5.74) is 7.29. The third-order valence-corrected chi connectivity index (χ3v) is 6.66. The molecule has 1 aromatic rings. The summed E-state index contributed by atoms with van der Waals surface area (Å²) in [4.78, 5) is 0.381. The molecule has 1 fully saturated rings. The lowest BCUT2D eigenvalue weighted by Crippen LogP contribution is -2.42. The number of nitrogens with zero attached hydrogens (tertiary/aromatic N) is 1. The minimum atomic E-state index is -3.39. The molecule has 0 bridgehead atoms. The monoisotopic (exact) mass is 296 g/mol. The van der Waals surface area contributed by atoms with Crippen molar-refractivity contribution < 1.29 is 8.42 Å². The van der Waals surface area contributed by atoms with Crippen molar-refractivity contribution >= 4 is 15.7 Å². The van der Waals surface area contributed by atoms with E-state index >= 15 is 0 Å². The Labute approximate surface area is 122 Å². The van der Waals surface area contributed by atoms with E-state index in [-0.39, 0.29) is 5.41 Å². The lowest BCUT2D eigenvalue weighted by Gasteiger charge is -2.38. The SMILES string of the molecule is CCC1(C)CCN(S(=O)(=O)c2ccc(N)cc2C)CC1. The fourth-order valence-corrected chi connectivity index (χ4v) is 4.37. The lowest BCUT2D eigenvalue weighted by atomic mass is 9.79. The molecule has 0 amide bonds. The van der Waals surface area contributed by atoms with Crippen LogP contribution in [0.25, 0.3) is 0 Å². The maximum atomic E-state index is 12.7. The first-order valence-corrected chi connectivity index (χ1v) is 8.59. The van der Waals surface area contributed by atoms with Gasteiger partial charge in [-0.1, -0.05) is 20.3 Å². The third kappa shape index (κ3) is 2.83. The van der Waals surface area contributed by atoms with E-state index in [1.165, 1.54) is 0 Å². The first kappa shape index (κ1) is 15.3. The number of hydrogen-bond acceptors (Lipinski definition) is 3. The van der Waals surface area contributed by atoms with E-state index < -0.39 is 10.0 Å². The highest BCUT2D eigenvalue weighted by Gasteiger charge is 2.34. The highest BCUT2D eigenvalue weighted by Crippen LogP contribution is 2.36. The molecule has 5 heteroatoms. The van der Waals surface area contributed by atoms with Crippen molar-refractivity contribution in [3.8, 4) is 0 Å². The van der Waals surface area contributed by atoms with Crippen LogP contribution in [0.4, 0.5) is 5.69 Å². The molecule has 2 N–H and O–H groups in total. The number of rotatable bonds is 3. The highest BCUT2D eigenvalue weighted by molar-refractivity contribution is 7.89. The van der Waals surface area contributed by atoms with E-state index in [0.717, 1.165) is 19.3 Å². The zero-order chi connectivity index (χ0) is 15.0. The van der Waals surface area contributed by atoms with E-state index in [2.05, 4.69) is 13.8 Å². The van der Waals surface area contributed by atoms with E-state index in [9.17, 15) is 8.42 Å². The second-order valence-electron chi connectivity index (χ2n) is 6.09. The van der Waals surface area contributed by atoms with E-state index in [1.807, 2.05) is 0 Å². The second kappa shape index (κ2) is 5.37. The zero-order valence-electron chi connectivity index (χ0n) is 12.5. The van der Waals surface area contributed by atoms with Gasteiger partial charge >= 0.3 is 0 Å². The summed E-state index contributed by atoms with van der Waals surface area (Å²) in [7, 11) is -3.39. The molecule has 1 aliphatic rings. The summed E-state index contributed by atoms with van der Waals surface area (Å²) in [6.07, 6.45) is 2.95. The van der Waals surface area contributed by atoms with Gasteiger partial charge in [0.2, 0.25) is 10.0 Å². The number of benzene rings is 1. The average Bonchev–Trinajstić information content (AvgIpc) is 2.39. The molecular formula is C15H24N2O2S. The van der Waals surface area contributed by atoms with Crippen LogP contribution in [0.3, 0.4) is 0 Å². The predicted molar refractivity (Wildman–Crippen MR) is 82.0 cm³/mol. The van der Waals surface area contributed by atoms with Crippen molar-refractivity contribution in [1.29, 1.82) is 0 Å². The third-order valence-electron chi connectivity index (χ3n) is 4.60. The van der Waals surface area contributed by atoms with Gasteiger partial charge in [0.15, 0.2) is 0 Å². The number of nitrogen functional groups attached to an aromatic ring is 1. The summed E-state index contributed by atoms with van der Waals surface area (Å²) in [6, 6.07) is 4.99. The molecule has 0 aromatic heterocycles. The Kier molecular flexibility index (Phi) is 4.12. The fraction of sp³-hybridized carbons (Fsp3) is 0.600. The van der Waals surface area contributed by atoms with Crippen molar-refractivity contribution in [2.75, 3.05) is 18.8 Å². The minimum absolute atomic E-state index is 0.280. The Balaban J connectivity index is 2.24. The molecule has 0 radical (unpaired) electrons. The van der Waals surface area contributed by atoms with Crippen LogP contribution in [0.2, 0.25) is 0 Å². The standard InChI is InChI=1S/C15H24N2O2S/c1-4-15(3)7-9-17(10-8-15)20(18,19)14-6-5-13(16)11-12(14)2/h5-6,11H,4,7-10,16H2,1-3H3. The summed E-state index contributed by atoms with van der Waals surface area (Å²) < 4.78 is 27.0. The zero-order valence-corrected chi connectivity index (χ0v) is 13.3. The molecule has 4 nitrogen and oxygen atoms in total. The molecule has 0 aliphatic carbocycles. The molecule has 2 rings (SSSR count). The molecule has 1 heterocycles. The molecule has 112 valence electrons. The molecule has 1 saturated heterocycles. The van der Waals surface area contributed by atoms with Crippen molar-refractivity contribution in [2.24, 2.45) is 5.41 Å². The molecule has 20 heavy (non-hydrogen) atoms. The number of anilines is 1. The van der Waals surface area contributed by atoms with Crippen molar-refractivity contribution in [3.05, 3.63) is 23.8 Å². The smallest absolute Gasteiger partial charge is 0.243 e. The molecule has 0 saturated carbocycles. The Morgan fingerprint density at radius 3 is 2.40 bits per heavy atom. The first-order chi connectivity index (χ1) is 9.28. The van der Waals surface area contributed by atoms with Crippen LogP contribution in [0, 0.1) is 12.3 Å². The van der Waals surface area contributed by atoms with E-state index in [4.69, 9.17) is 5.73 Å². The summed E-state index contributed by atoms with van der Waals surface area (Å²) in [5.74, 6) is 0.